The molecule has 0 saturated heterocycles. The summed E-state index contributed by atoms with van der Waals surface area (Å²) in [6.07, 6.45) is 1.69. The largest absolute Gasteiger partial charge is 0.496 e. The number of ketones is 2. The average Bonchev–Trinajstić information content (AvgIpc) is 3.54. The number of nitrogens with one attached hydrogen (secondary N) is 1. The number of rotatable bonds is 4. The van der Waals surface area contributed by atoms with Gasteiger partial charge >= 0.3 is 5.97 Å². The van der Waals surface area contributed by atoms with E-state index in [0.717, 1.165) is 0 Å². The molecule has 0 radical (unpaired) electrons. The van der Waals surface area contributed by atoms with Gasteiger partial charge in [-0.2, -0.15) is 10.1 Å². The summed E-state index contributed by atoms with van der Waals surface area (Å²) in [5.74, 6) is -1.17. The van der Waals surface area contributed by atoms with E-state index < -0.39 is 35.1 Å². The Labute approximate surface area is 227 Å². The molecule has 1 spiro atoms. The molecule has 11 nitrogen and oxygen atoms in total. The number of allylic oxidation sites excluding steroid dienone is 1. The van der Waals surface area contributed by atoms with E-state index >= 15 is 0 Å². The molecule has 0 saturated carbocycles. The number of carbonyl (C=O) groups excluding carboxylic acids is 3. The lowest BCUT2D eigenvalue weighted by Gasteiger charge is -2.41. The fraction of sp³-hybridized carbons (Fsp3) is 0.296. The van der Waals surface area contributed by atoms with Gasteiger partial charge < -0.3 is 24.3 Å². The molecule has 3 aliphatic rings. The Kier molecular flexibility index (Phi) is 5.65. The molecular weight excluding hydrogens is 528 g/mol. The molecule has 3 heterocycles. The summed E-state index contributed by atoms with van der Waals surface area (Å²) in [5, 5.41) is 7.64. The van der Waals surface area contributed by atoms with E-state index in [9.17, 15) is 14.4 Å². The Hall–Kier alpha value is -4.38. The van der Waals surface area contributed by atoms with E-state index in [-0.39, 0.29) is 27.8 Å². The third-order valence-corrected chi connectivity index (χ3v) is 7.89. The van der Waals surface area contributed by atoms with Crippen molar-refractivity contribution >= 4 is 35.1 Å². The Morgan fingerprint density at radius 3 is 2.51 bits per heavy atom. The SMILES string of the molecule is COC(=O)c1ccc(C2C3=C(C[C@@H](C)[C@]4(Oc5c(Cl)c(OC)cc(OC)c5C4=O)C3=O)Nc3ncnn32)cc1. The number of anilines is 1. The van der Waals surface area contributed by atoms with E-state index in [0.29, 0.717) is 34.8 Å². The van der Waals surface area contributed by atoms with E-state index in [1.54, 1.807) is 35.9 Å². The highest BCUT2D eigenvalue weighted by molar-refractivity contribution is 6.36. The maximum atomic E-state index is 14.6. The van der Waals surface area contributed by atoms with E-state index in [2.05, 4.69) is 15.4 Å². The van der Waals surface area contributed by atoms with Crippen LogP contribution in [0.15, 0.2) is 47.9 Å². The maximum absolute atomic E-state index is 14.6. The van der Waals surface area contributed by atoms with Gasteiger partial charge in [0.2, 0.25) is 23.1 Å². The summed E-state index contributed by atoms with van der Waals surface area (Å²) < 4.78 is 23.5. The van der Waals surface area contributed by atoms with Crippen LogP contribution in [-0.2, 0) is 9.53 Å². The summed E-state index contributed by atoms with van der Waals surface area (Å²) in [5.41, 5.74) is 0.139. The summed E-state index contributed by atoms with van der Waals surface area (Å²) in [6, 6.07) is 7.40. The Morgan fingerprint density at radius 2 is 1.85 bits per heavy atom. The van der Waals surface area contributed by atoms with Crippen molar-refractivity contribution in [2.75, 3.05) is 26.6 Å². The van der Waals surface area contributed by atoms with Crippen LogP contribution in [0, 0.1) is 5.92 Å². The molecule has 1 unspecified atom stereocenters. The van der Waals surface area contributed by atoms with Gasteiger partial charge in [-0.3, -0.25) is 9.59 Å². The van der Waals surface area contributed by atoms with Gasteiger partial charge in [0.1, 0.15) is 34.5 Å². The summed E-state index contributed by atoms with van der Waals surface area (Å²) in [7, 11) is 4.15. The first-order valence-corrected chi connectivity index (χ1v) is 12.5. The van der Waals surface area contributed by atoms with Crippen LogP contribution in [-0.4, -0.2) is 59.2 Å². The van der Waals surface area contributed by atoms with Crippen LogP contribution in [0.3, 0.4) is 0 Å². The first kappa shape index (κ1) is 24.9. The van der Waals surface area contributed by atoms with Crippen molar-refractivity contribution in [3.8, 4) is 17.2 Å². The third kappa shape index (κ3) is 3.32. The van der Waals surface area contributed by atoms with E-state index in [4.69, 9.17) is 30.5 Å². The third-order valence-electron chi connectivity index (χ3n) is 7.53. The predicted molar refractivity (Wildman–Crippen MR) is 138 cm³/mol. The standard InChI is InChI=1S/C27H23ClN4O7/c1-12-9-15-18(21(32-26(31-15)29-11-30-32)13-5-7-14(8-6-13)25(35)38-4)23(33)27(12)24(34)19-16(36-2)10-17(37-3)20(28)22(19)39-27/h5-8,10-12,21H,9H2,1-4H3,(H,29,30,31)/t12-,21?,27+/m1/s1. The van der Waals surface area contributed by atoms with Crippen LogP contribution in [0.25, 0.3) is 0 Å². The van der Waals surface area contributed by atoms with Gasteiger partial charge in [0.15, 0.2) is 5.75 Å². The fourth-order valence-corrected chi connectivity index (χ4v) is 5.88. The van der Waals surface area contributed by atoms with E-state index in [1.807, 2.05) is 0 Å². The topological polar surface area (TPSA) is 131 Å². The molecule has 12 heteroatoms. The molecule has 6 rings (SSSR count). The van der Waals surface area contributed by atoms with Crippen molar-refractivity contribution in [3.63, 3.8) is 0 Å². The Balaban J connectivity index is 1.50. The number of esters is 1. The quantitative estimate of drug-likeness (QED) is 0.379. The summed E-state index contributed by atoms with van der Waals surface area (Å²) in [6.45, 7) is 1.78. The number of ether oxygens (including phenoxy) is 4. The van der Waals surface area contributed by atoms with Crippen LogP contribution in [0.2, 0.25) is 5.02 Å². The van der Waals surface area contributed by atoms with Gasteiger partial charge in [0.05, 0.1) is 26.9 Å². The maximum Gasteiger partial charge on any atom is 0.337 e. The normalized spacial score (nSPS) is 23.0. The molecule has 2 aromatic carbocycles. The molecular formula is C27H23ClN4O7. The minimum Gasteiger partial charge on any atom is -0.496 e. The zero-order valence-electron chi connectivity index (χ0n) is 21.4. The zero-order chi connectivity index (χ0) is 27.6. The second-order valence-electron chi connectivity index (χ2n) is 9.46. The van der Waals surface area contributed by atoms with Gasteiger partial charge in [-0.05, 0) is 24.1 Å². The van der Waals surface area contributed by atoms with Crippen LogP contribution in [0.1, 0.15) is 45.7 Å². The molecule has 2 aliphatic heterocycles. The molecule has 0 bridgehead atoms. The lowest BCUT2D eigenvalue weighted by atomic mass is 9.69. The van der Waals surface area contributed by atoms with Crippen molar-refractivity contribution in [2.45, 2.75) is 25.0 Å². The first-order chi connectivity index (χ1) is 18.8. The van der Waals surface area contributed by atoms with Crippen LogP contribution >= 0.6 is 11.6 Å². The van der Waals surface area contributed by atoms with Gasteiger partial charge in [-0.1, -0.05) is 30.7 Å². The van der Waals surface area contributed by atoms with E-state index in [1.165, 1.54) is 33.7 Å². The lowest BCUT2D eigenvalue weighted by Crippen LogP contribution is -2.58. The zero-order valence-corrected chi connectivity index (χ0v) is 22.2. The van der Waals surface area contributed by atoms with Crippen molar-refractivity contribution in [2.24, 2.45) is 5.92 Å². The number of benzene rings is 2. The molecule has 1 aliphatic carbocycles. The molecule has 200 valence electrons. The van der Waals surface area contributed by atoms with Crippen molar-refractivity contribution in [1.82, 2.24) is 14.8 Å². The summed E-state index contributed by atoms with van der Waals surface area (Å²) in [4.78, 5) is 45.0. The number of aromatic nitrogens is 3. The molecule has 39 heavy (non-hydrogen) atoms. The second-order valence-corrected chi connectivity index (χ2v) is 9.84. The number of methoxy groups -OCH3 is 3. The van der Waals surface area contributed by atoms with Crippen molar-refractivity contribution < 1.29 is 33.3 Å². The number of Topliss-reactive ketones (excluding diaryl/α,β-unsaturated/α-hetero) is 2. The Bertz CT molecular complexity index is 1600. The van der Waals surface area contributed by atoms with Crippen LogP contribution < -0.4 is 19.5 Å². The molecule has 1 N–H and O–H groups in total. The summed E-state index contributed by atoms with van der Waals surface area (Å²) >= 11 is 6.56. The minimum absolute atomic E-state index is 0.0475. The number of hydrogen-bond acceptors (Lipinski definition) is 10. The van der Waals surface area contributed by atoms with Crippen LogP contribution in [0.5, 0.6) is 17.2 Å². The van der Waals surface area contributed by atoms with Crippen LogP contribution in [0.4, 0.5) is 5.95 Å². The second kappa shape index (κ2) is 8.84. The smallest absolute Gasteiger partial charge is 0.337 e. The average molecular weight is 551 g/mol. The molecule has 3 atom stereocenters. The monoisotopic (exact) mass is 550 g/mol. The minimum atomic E-state index is -1.88. The predicted octanol–water partition coefficient (Wildman–Crippen LogP) is 3.63. The highest BCUT2D eigenvalue weighted by Crippen LogP contribution is 2.55. The molecule has 1 aromatic heterocycles. The first-order valence-electron chi connectivity index (χ1n) is 12.1. The van der Waals surface area contributed by atoms with Crippen molar-refractivity contribution in [3.05, 3.63) is 69.6 Å². The number of halogens is 1. The highest BCUT2D eigenvalue weighted by atomic mass is 35.5. The van der Waals surface area contributed by atoms with Gasteiger partial charge in [-0.25, -0.2) is 9.48 Å². The number of fused-ring (bicyclic) bond motifs is 2. The fourth-order valence-electron chi connectivity index (χ4n) is 5.62. The lowest BCUT2D eigenvalue weighted by molar-refractivity contribution is -0.130. The molecule has 3 aromatic rings. The molecule has 0 amide bonds. The van der Waals surface area contributed by atoms with Gasteiger partial charge in [-0.15, -0.1) is 0 Å². The van der Waals surface area contributed by atoms with Gasteiger partial charge in [0.25, 0.3) is 0 Å². The number of hydrogen-bond donors (Lipinski definition) is 1. The number of carbonyl (C=O) groups is 3. The van der Waals surface area contributed by atoms with Crippen molar-refractivity contribution in [1.29, 1.82) is 0 Å². The highest BCUT2D eigenvalue weighted by Gasteiger charge is 2.63. The Morgan fingerprint density at radius 1 is 1.13 bits per heavy atom. The number of nitrogens with zero attached hydrogens (tertiary/aromatic N) is 3. The molecule has 0 fully saturated rings. The van der Waals surface area contributed by atoms with Gasteiger partial charge in [0, 0.05) is 23.3 Å².